The molecule has 3 rings (SSSR count). The summed E-state index contributed by atoms with van der Waals surface area (Å²) in [5, 5.41) is 1.87. The number of rotatable bonds is 1. The van der Waals surface area contributed by atoms with Crippen molar-refractivity contribution in [2.75, 3.05) is 0 Å². The lowest BCUT2D eigenvalue weighted by Gasteiger charge is -2.13. The molecule has 1 aliphatic rings. The molecule has 1 heterocycles. The number of allylic oxidation sites excluding steroid dienone is 2. The fourth-order valence-corrected chi connectivity index (χ4v) is 2.74. The largest absolute Gasteiger partial charge is 0.421 e. The third-order valence-electron chi connectivity index (χ3n) is 3.36. The van der Waals surface area contributed by atoms with E-state index in [1.165, 1.54) is 6.42 Å². The van der Waals surface area contributed by atoms with Crippen LogP contribution in [0.3, 0.4) is 0 Å². The van der Waals surface area contributed by atoms with Crippen molar-refractivity contribution in [1.29, 1.82) is 0 Å². The molecule has 2 nitrogen and oxygen atoms in total. The fraction of sp³-hybridized carbons (Fsp3) is 0.267. The maximum Gasteiger partial charge on any atom is 0.344 e. The van der Waals surface area contributed by atoms with Crippen molar-refractivity contribution >= 4 is 27.9 Å². The summed E-state index contributed by atoms with van der Waals surface area (Å²) in [5.74, 6) is 0.556. The third kappa shape index (κ3) is 1.87. The first-order valence-electron chi connectivity index (χ1n) is 6.18. The van der Waals surface area contributed by atoms with Crippen LogP contribution in [0.25, 0.3) is 16.3 Å². The summed E-state index contributed by atoms with van der Waals surface area (Å²) in [6.07, 6.45) is 6.41. The van der Waals surface area contributed by atoms with Crippen LogP contribution >= 0.6 is 11.6 Å². The van der Waals surface area contributed by atoms with Gasteiger partial charge in [0.2, 0.25) is 0 Å². The van der Waals surface area contributed by atoms with Crippen LogP contribution in [-0.2, 0) is 0 Å². The Morgan fingerprint density at radius 2 is 1.89 bits per heavy atom. The average molecular weight is 261 g/mol. The van der Waals surface area contributed by atoms with Gasteiger partial charge < -0.3 is 4.42 Å². The number of halogens is 1. The molecule has 0 amide bonds. The van der Waals surface area contributed by atoms with Crippen molar-refractivity contribution in [3.63, 3.8) is 0 Å². The molecule has 0 radical (unpaired) electrons. The van der Waals surface area contributed by atoms with Gasteiger partial charge in [-0.25, -0.2) is 4.79 Å². The first-order chi connectivity index (χ1) is 8.77. The van der Waals surface area contributed by atoms with Crippen LogP contribution in [0.5, 0.6) is 0 Å². The predicted molar refractivity (Wildman–Crippen MR) is 73.9 cm³/mol. The molecule has 0 saturated heterocycles. The van der Waals surface area contributed by atoms with Gasteiger partial charge in [0.05, 0.1) is 10.4 Å². The molecule has 0 aliphatic heterocycles. The van der Waals surface area contributed by atoms with E-state index in [0.29, 0.717) is 16.2 Å². The standard InChI is InChI=1S/C15H13ClO2/c16-13-11-8-4-5-9-12(11)15(17)18-14(13)10-6-2-1-3-7-10/h4-6,8-9H,1-3,7H2. The Hall–Kier alpha value is -1.54. The van der Waals surface area contributed by atoms with E-state index < -0.39 is 0 Å². The topological polar surface area (TPSA) is 30.2 Å². The van der Waals surface area contributed by atoms with E-state index in [4.69, 9.17) is 16.0 Å². The van der Waals surface area contributed by atoms with Crippen molar-refractivity contribution < 1.29 is 4.42 Å². The minimum absolute atomic E-state index is 0.309. The maximum atomic E-state index is 11.9. The second kappa shape index (κ2) is 4.62. The van der Waals surface area contributed by atoms with Gasteiger partial charge in [-0.2, -0.15) is 0 Å². The molecular weight excluding hydrogens is 248 g/mol. The normalized spacial score (nSPS) is 15.7. The SMILES string of the molecule is O=c1oc(C2=CCCCC2)c(Cl)c2ccccc12. The molecule has 2 aromatic rings. The molecule has 0 N–H and O–H groups in total. The summed E-state index contributed by atoms with van der Waals surface area (Å²) in [4.78, 5) is 11.9. The lowest BCUT2D eigenvalue weighted by atomic mass is 9.97. The summed E-state index contributed by atoms with van der Waals surface area (Å²) < 4.78 is 5.40. The molecule has 92 valence electrons. The summed E-state index contributed by atoms with van der Waals surface area (Å²) in [7, 11) is 0. The average Bonchev–Trinajstić information content (AvgIpc) is 2.44. The zero-order valence-electron chi connectivity index (χ0n) is 9.91. The van der Waals surface area contributed by atoms with Crippen LogP contribution in [0.1, 0.15) is 31.4 Å². The van der Waals surface area contributed by atoms with Gasteiger partial charge in [-0.1, -0.05) is 35.9 Å². The van der Waals surface area contributed by atoms with Crippen LogP contribution in [0.4, 0.5) is 0 Å². The van der Waals surface area contributed by atoms with E-state index in [1.54, 1.807) is 6.07 Å². The highest BCUT2D eigenvalue weighted by atomic mass is 35.5. The van der Waals surface area contributed by atoms with E-state index >= 15 is 0 Å². The Kier molecular flexibility index (Phi) is 2.96. The van der Waals surface area contributed by atoms with Crippen LogP contribution in [0.15, 0.2) is 39.6 Å². The van der Waals surface area contributed by atoms with E-state index in [0.717, 1.165) is 30.2 Å². The van der Waals surface area contributed by atoms with Gasteiger partial charge in [0, 0.05) is 5.39 Å². The van der Waals surface area contributed by atoms with Crippen molar-refractivity contribution in [3.05, 3.63) is 51.5 Å². The molecule has 18 heavy (non-hydrogen) atoms. The lowest BCUT2D eigenvalue weighted by Crippen LogP contribution is -2.04. The van der Waals surface area contributed by atoms with Crippen LogP contribution in [0, 0.1) is 0 Å². The number of benzene rings is 1. The van der Waals surface area contributed by atoms with Crippen LogP contribution in [0.2, 0.25) is 5.02 Å². The fourth-order valence-electron chi connectivity index (χ4n) is 2.42. The summed E-state index contributed by atoms with van der Waals surface area (Å²) >= 11 is 6.37. The molecule has 0 unspecified atom stereocenters. The van der Waals surface area contributed by atoms with Crippen molar-refractivity contribution in [3.8, 4) is 0 Å². The van der Waals surface area contributed by atoms with Gasteiger partial charge in [-0.15, -0.1) is 0 Å². The second-order valence-electron chi connectivity index (χ2n) is 4.55. The smallest absolute Gasteiger partial charge is 0.344 e. The molecule has 0 bridgehead atoms. The molecule has 1 aromatic carbocycles. The number of fused-ring (bicyclic) bond motifs is 1. The Morgan fingerprint density at radius 3 is 2.61 bits per heavy atom. The highest BCUT2D eigenvalue weighted by Crippen LogP contribution is 2.34. The highest BCUT2D eigenvalue weighted by molar-refractivity contribution is 6.36. The predicted octanol–water partition coefficient (Wildman–Crippen LogP) is 4.40. The van der Waals surface area contributed by atoms with Crippen LogP contribution in [-0.4, -0.2) is 0 Å². The van der Waals surface area contributed by atoms with Crippen molar-refractivity contribution in [1.82, 2.24) is 0 Å². The Morgan fingerprint density at radius 1 is 1.11 bits per heavy atom. The van der Waals surface area contributed by atoms with Crippen molar-refractivity contribution in [2.24, 2.45) is 0 Å². The third-order valence-corrected chi connectivity index (χ3v) is 3.74. The quantitative estimate of drug-likeness (QED) is 0.761. The zero-order chi connectivity index (χ0) is 12.5. The summed E-state index contributed by atoms with van der Waals surface area (Å²) in [5.41, 5.74) is 0.755. The van der Waals surface area contributed by atoms with Gasteiger partial charge in [-0.3, -0.25) is 0 Å². The molecule has 0 spiro atoms. The Bertz CT molecular complexity index is 682. The molecule has 0 atom stereocenters. The van der Waals surface area contributed by atoms with Gasteiger partial charge in [0.25, 0.3) is 0 Å². The second-order valence-corrected chi connectivity index (χ2v) is 4.93. The molecular formula is C15H13ClO2. The first-order valence-corrected chi connectivity index (χ1v) is 6.56. The van der Waals surface area contributed by atoms with E-state index in [2.05, 4.69) is 6.08 Å². The van der Waals surface area contributed by atoms with Gasteiger partial charge in [0.15, 0.2) is 5.76 Å². The van der Waals surface area contributed by atoms with E-state index in [-0.39, 0.29) is 5.63 Å². The molecule has 1 aromatic heterocycles. The Balaban J connectivity index is 2.28. The molecule has 0 saturated carbocycles. The monoisotopic (exact) mass is 260 g/mol. The van der Waals surface area contributed by atoms with E-state index in [9.17, 15) is 4.79 Å². The maximum absolute atomic E-state index is 11.9. The molecule has 0 fully saturated rings. The molecule has 1 aliphatic carbocycles. The van der Waals surface area contributed by atoms with Gasteiger partial charge in [0.1, 0.15) is 0 Å². The zero-order valence-corrected chi connectivity index (χ0v) is 10.7. The first kappa shape index (κ1) is 11.5. The summed E-state index contributed by atoms with van der Waals surface area (Å²) in [6.45, 7) is 0. The minimum Gasteiger partial charge on any atom is -0.421 e. The van der Waals surface area contributed by atoms with Gasteiger partial charge >= 0.3 is 5.63 Å². The number of hydrogen-bond acceptors (Lipinski definition) is 2. The van der Waals surface area contributed by atoms with Gasteiger partial charge in [-0.05, 0) is 37.3 Å². The van der Waals surface area contributed by atoms with Crippen LogP contribution < -0.4 is 5.63 Å². The number of hydrogen-bond donors (Lipinski definition) is 0. The highest BCUT2D eigenvalue weighted by Gasteiger charge is 2.16. The van der Waals surface area contributed by atoms with E-state index in [1.807, 2.05) is 18.2 Å². The minimum atomic E-state index is -0.309. The lowest BCUT2D eigenvalue weighted by molar-refractivity contribution is 0.501. The summed E-state index contributed by atoms with van der Waals surface area (Å²) in [6, 6.07) is 7.30. The Labute approximate surface area is 110 Å². The molecule has 3 heteroatoms. The van der Waals surface area contributed by atoms with Crippen molar-refractivity contribution in [2.45, 2.75) is 25.7 Å².